The molecule has 11 rings (SSSR count). The number of pyridine rings is 4. The fraction of sp³-hybridized carbons (Fsp3) is 0.115. The van der Waals surface area contributed by atoms with Gasteiger partial charge in [-0.05, 0) is 116 Å². The summed E-state index contributed by atoms with van der Waals surface area (Å²) >= 11 is 0. The van der Waals surface area contributed by atoms with Crippen molar-refractivity contribution in [2.75, 3.05) is 9.80 Å². The van der Waals surface area contributed by atoms with Crippen molar-refractivity contribution in [2.45, 2.75) is 38.5 Å². The minimum Gasteiger partial charge on any atom is -0.278 e. The quantitative estimate of drug-likeness (QED) is 0.167. The third-order valence-corrected chi connectivity index (χ3v) is 12.4. The van der Waals surface area contributed by atoms with E-state index in [1.165, 1.54) is 66.1 Å². The highest BCUT2D eigenvalue weighted by molar-refractivity contribution is 6.21. The summed E-state index contributed by atoms with van der Waals surface area (Å²) in [6.07, 6.45) is 7.45. The van der Waals surface area contributed by atoms with Gasteiger partial charge in [0.2, 0.25) is 0 Å². The highest BCUT2D eigenvalue weighted by atomic mass is 15.3. The average molecular weight is 749 g/mol. The predicted molar refractivity (Wildman–Crippen MR) is 237 cm³/mol. The largest absolute Gasteiger partial charge is 0.278 e. The molecule has 0 saturated heterocycles. The molecule has 6 heterocycles. The minimum absolute atomic E-state index is 0.307. The minimum atomic E-state index is -0.307. The fourth-order valence-corrected chi connectivity index (χ4v) is 9.60. The lowest BCUT2D eigenvalue weighted by molar-refractivity contribution is 0.627. The van der Waals surface area contributed by atoms with Crippen LogP contribution in [-0.4, -0.2) is 19.9 Å². The van der Waals surface area contributed by atoms with E-state index in [2.05, 4.69) is 147 Å². The van der Waals surface area contributed by atoms with Crippen molar-refractivity contribution in [3.05, 3.63) is 193 Å². The van der Waals surface area contributed by atoms with Crippen LogP contribution in [0.1, 0.15) is 49.9 Å². The summed E-state index contributed by atoms with van der Waals surface area (Å²) < 4.78 is 0. The Morgan fingerprint density at radius 3 is 1.12 bits per heavy atom. The SMILES string of the molecule is CC1(C)c2cc(-c3c4ccccc4c(-c4ccc5c(c4)C(C)(C)c4cccnc4N5c4ccccn4)c4ccccc34)ccc2N(c2ccccn2)c2ncccc21. The molecule has 0 saturated carbocycles. The molecule has 0 radical (unpaired) electrons. The maximum atomic E-state index is 4.92. The topological polar surface area (TPSA) is 58.0 Å². The molecule has 0 bridgehead atoms. The molecule has 0 unspecified atom stereocenters. The normalized spacial score (nSPS) is 14.8. The molecule has 0 atom stereocenters. The fourth-order valence-electron chi connectivity index (χ4n) is 9.60. The van der Waals surface area contributed by atoms with Crippen molar-refractivity contribution in [1.82, 2.24) is 19.9 Å². The van der Waals surface area contributed by atoms with Crippen LogP contribution in [-0.2, 0) is 10.8 Å². The molecule has 0 N–H and O–H groups in total. The zero-order valence-corrected chi connectivity index (χ0v) is 32.8. The summed E-state index contributed by atoms with van der Waals surface area (Å²) in [4.78, 5) is 23.8. The number of hydrogen-bond acceptors (Lipinski definition) is 6. The van der Waals surface area contributed by atoms with E-state index in [0.29, 0.717) is 0 Å². The number of anilines is 6. The van der Waals surface area contributed by atoms with E-state index in [1.807, 2.05) is 61.2 Å². The van der Waals surface area contributed by atoms with Gasteiger partial charge in [0.05, 0.1) is 11.4 Å². The summed E-state index contributed by atoms with van der Waals surface area (Å²) in [7, 11) is 0. The zero-order valence-electron chi connectivity index (χ0n) is 32.8. The molecule has 2 aliphatic rings. The molecule has 278 valence electrons. The van der Waals surface area contributed by atoms with E-state index in [-0.39, 0.29) is 10.8 Å². The summed E-state index contributed by atoms with van der Waals surface area (Å²) in [6, 6.07) is 52.3. The van der Waals surface area contributed by atoms with E-state index in [4.69, 9.17) is 19.9 Å². The molecule has 9 aromatic rings. The Morgan fingerprint density at radius 1 is 0.362 bits per heavy atom. The standard InChI is InChI=1S/C52H40N6/c1-51(2)39-19-13-29-55-49(39)57(45-21-9-11-27-53-45)43-25-23-33(31-41(43)51)47-35-15-5-7-17-37(35)48(38-18-8-6-16-36(38)47)34-24-26-44-42(32-34)52(3,4)40-20-14-30-56-50(40)58(44)46-22-10-12-28-54-46/h5-32H,1-4H3. The predicted octanol–water partition coefficient (Wildman–Crippen LogP) is 13.1. The van der Waals surface area contributed by atoms with Crippen LogP contribution in [0, 0.1) is 0 Å². The molecule has 4 aromatic heterocycles. The number of fused-ring (bicyclic) bond motifs is 6. The van der Waals surface area contributed by atoms with Gasteiger partial charge in [-0.3, -0.25) is 9.80 Å². The van der Waals surface area contributed by atoms with Gasteiger partial charge in [-0.2, -0.15) is 0 Å². The van der Waals surface area contributed by atoms with Crippen LogP contribution in [0.3, 0.4) is 0 Å². The summed E-state index contributed by atoms with van der Waals surface area (Å²) in [5.74, 6) is 3.54. The van der Waals surface area contributed by atoms with Gasteiger partial charge in [0.1, 0.15) is 23.3 Å². The molecule has 0 amide bonds. The Bertz CT molecular complexity index is 2820. The molecule has 6 heteroatoms. The third-order valence-electron chi connectivity index (χ3n) is 12.4. The van der Waals surface area contributed by atoms with Crippen molar-refractivity contribution in [1.29, 1.82) is 0 Å². The number of nitrogens with zero attached hydrogens (tertiary/aromatic N) is 6. The van der Waals surface area contributed by atoms with Crippen LogP contribution in [0.25, 0.3) is 43.8 Å². The highest BCUT2D eigenvalue weighted by Crippen LogP contribution is 2.54. The smallest absolute Gasteiger partial charge is 0.142 e. The Hall–Kier alpha value is -7.18. The first kappa shape index (κ1) is 34.1. The van der Waals surface area contributed by atoms with Crippen molar-refractivity contribution < 1.29 is 0 Å². The van der Waals surface area contributed by atoms with Gasteiger partial charge < -0.3 is 0 Å². The van der Waals surface area contributed by atoms with Crippen LogP contribution in [0.2, 0.25) is 0 Å². The number of aromatic nitrogens is 4. The van der Waals surface area contributed by atoms with Crippen LogP contribution in [0.4, 0.5) is 34.6 Å². The molecule has 0 spiro atoms. The number of hydrogen-bond donors (Lipinski definition) is 0. The molecule has 58 heavy (non-hydrogen) atoms. The van der Waals surface area contributed by atoms with Gasteiger partial charge in [0.15, 0.2) is 0 Å². The Balaban J connectivity index is 1.14. The highest BCUT2D eigenvalue weighted by Gasteiger charge is 2.40. The van der Waals surface area contributed by atoms with Gasteiger partial charge in [-0.25, -0.2) is 19.9 Å². The second kappa shape index (κ2) is 12.7. The first-order valence-electron chi connectivity index (χ1n) is 19.9. The van der Waals surface area contributed by atoms with Crippen molar-refractivity contribution in [3.63, 3.8) is 0 Å². The van der Waals surface area contributed by atoms with Gasteiger partial charge in [-0.1, -0.05) is 113 Å². The van der Waals surface area contributed by atoms with Crippen LogP contribution in [0.15, 0.2) is 170 Å². The Kier molecular flexibility index (Phi) is 7.45. The van der Waals surface area contributed by atoms with E-state index < -0.39 is 0 Å². The van der Waals surface area contributed by atoms with Gasteiger partial charge in [0, 0.05) is 46.7 Å². The first-order valence-corrected chi connectivity index (χ1v) is 19.9. The molecule has 2 aliphatic heterocycles. The maximum absolute atomic E-state index is 4.92. The monoisotopic (exact) mass is 748 g/mol. The van der Waals surface area contributed by atoms with Crippen molar-refractivity contribution >= 4 is 56.2 Å². The van der Waals surface area contributed by atoms with Crippen LogP contribution >= 0.6 is 0 Å². The summed E-state index contributed by atoms with van der Waals surface area (Å²) in [6.45, 7) is 9.25. The van der Waals surface area contributed by atoms with Gasteiger partial charge in [-0.15, -0.1) is 0 Å². The molecule has 6 nitrogen and oxygen atoms in total. The lowest BCUT2D eigenvalue weighted by Crippen LogP contribution is -2.31. The molecule has 0 aliphatic carbocycles. The van der Waals surface area contributed by atoms with Crippen molar-refractivity contribution in [2.24, 2.45) is 0 Å². The summed E-state index contributed by atoms with van der Waals surface area (Å²) in [5.41, 5.74) is 11.2. The van der Waals surface area contributed by atoms with E-state index in [1.54, 1.807) is 0 Å². The average Bonchev–Trinajstić information content (AvgIpc) is 3.26. The van der Waals surface area contributed by atoms with Gasteiger partial charge in [0.25, 0.3) is 0 Å². The maximum Gasteiger partial charge on any atom is 0.142 e. The molecule has 5 aromatic carbocycles. The van der Waals surface area contributed by atoms with E-state index in [0.717, 1.165) is 34.6 Å². The first-order chi connectivity index (χ1) is 28.3. The molecular formula is C52H40N6. The van der Waals surface area contributed by atoms with Crippen LogP contribution < -0.4 is 9.80 Å². The van der Waals surface area contributed by atoms with Gasteiger partial charge >= 0.3 is 0 Å². The lowest BCUT2D eigenvalue weighted by Gasteiger charge is -2.40. The number of benzene rings is 5. The Labute approximate surface area is 338 Å². The second-order valence-electron chi connectivity index (χ2n) is 16.4. The number of rotatable bonds is 4. The van der Waals surface area contributed by atoms with Crippen LogP contribution in [0.5, 0.6) is 0 Å². The van der Waals surface area contributed by atoms with Crippen molar-refractivity contribution in [3.8, 4) is 22.3 Å². The van der Waals surface area contributed by atoms with E-state index >= 15 is 0 Å². The Morgan fingerprint density at radius 2 is 0.741 bits per heavy atom. The summed E-state index contributed by atoms with van der Waals surface area (Å²) in [5, 5.41) is 4.87. The second-order valence-corrected chi connectivity index (χ2v) is 16.4. The third kappa shape index (κ3) is 4.91. The van der Waals surface area contributed by atoms with E-state index in [9.17, 15) is 0 Å². The zero-order chi connectivity index (χ0) is 39.2. The molecule has 0 fully saturated rings. The lowest BCUT2D eigenvalue weighted by atomic mass is 9.73. The molecular weight excluding hydrogens is 709 g/mol.